The van der Waals surface area contributed by atoms with Gasteiger partial charge in [0.2, 0.25) is 0 Å². The summed E-state index contributed by atoms with van der Waals surface area (Å²) in [5, 5.41) is 8.61. The number of anilines is 1. The lowest BCUT2D eigenvalue weighted by atomic mass is 9.92. The van der Waals surface area contributed by atoms with Gasteiger partial charge in [-0.15, -0.1) is 0 Å². The van der Waals surface area contributed by atoms with Crippen LogP contribution in [0.4, 0.5) is 5.69 Å². The Morgan fingerprint density at radius 3 is 3.00 bits per heavy atom. The van der Waals surface area contributed by atoms with E-state index in [4.69, 9.17) is 16.3 Å². The van der Waals surface area contributed by atoms with Gasteiger partial charge in [0.05, 0.1) is 16.8 Å². The first-order valence-corrected chi connectivity index (χ1v) is 7.73. The van der Waals surface area contributed by atoms with E-state index in [2.05, 4.69) is 16.5 Å². The fraction of sp³-hybridized carbons (Fsp3) is 0.438. The first-order chi connectivity index (χ1) is 10.3. The second-order valence-electron chi connectivity index (χ2n) is 5.45. The zero-order valence-electron chi connectivity index (χ0n) is 12.1. The number of nitrogens with zero attached hydrogens (tertiary/aromatic N) is 2. The molecule has 2 atom stereocenters. The number of rotatable bonds is 4. The third-order valence-corrected chi connectivity index (χ3v) is 4.34. The van der Waals surface area contributed by atoms with Crippen LogP contribution in [0.25, 0.3) is 5.69 Å². The Balaban J connectivity index is 1.84. The van der Waals surface area contributed by atoms with Crippen molar-refractivity contribution in [3.63, 3.8) is 0 Å². The number of nitrogens with one attached hydrogen (secondary N) is 1. The molecule has 21 heavy (non-hydrogen) atoms. The smallest absolute Gasteiger partial charge is 0.106 e. The summed E-state index contributed by atoms with van der Waals surface area (Å²) in [5.74, 6) is 0. The minimum Gasteiger partial charge on any atom is -0.381 e. The van der Waals surface area contributed by atoms with Gasteiger partial charge in [0.15, 0.2) is 0 Å². The molecule has 2 unspecified atom stereocenters. The number of benzene rings is 1. The Kier molecular flexibility index (Phi) is 4.46. The summed E-state index contributed by atoms with van der Waals surface area (Å²) >= 11 is 6.37. The topological polar surface area (TPSA) is 39.1 Å². The summed E-state index contributed by atoms with van der Waals surface area (Å²) in [4.78, 5) is 0. The number of ether oxygens (including phenoxy) is 1. The third kappa shape index (κ3) is 3.22. The maximum absolute atomic E-state index is 6.37. The zero-order chi connectivity index (χ0) is 14.7. The molecule has 112 valence electrons. The van der Waals surface area contributed by atoms with Gasteiger partial charge in [-0.05, 0) is 43.9 Å². The van der Waals surface area contributed by atoms with Crippen molar-refractivity contribution in [1.29, 1.82) is 0 Å². The number of aromatic nitrogens is 2. The molecule has 5 heteroatoms. The monoisotopic (exact) mass is 305 g/mol. The molecule has 1 aromatic heterocycles. The SMILES string of the molecule is COC1CCCC(Nc2cccc(Cl)c2-n2cccn2)C1. The van der Waals surface area contributed by atoms with Crippen LogP contribution in [-0.2, 0) is 4.74 Å². The Morgan fingerprint density at radius 1 is 1.33 bits per heavy atom. The third-order valence-electron chi connectivity index (χ3n) is 4.04. The molecule has 0 bridgehead atoms. The lowest BCUT2D eigenvalue weighted by Crippen LogP contribution is -2.31. The molecule has 1 N–H and O–H groups in total. The molecule has 0 amide bonds. The predicted molar refractivity (Wildman–Crippen MR) is 85.2 cm³/mol. The standard InChI is InChI=1S/C16H20ClN3O/c1-21-13-6-2-5-12(11-13)19-15-8-3-7-14(17)16(15)20-10-4-9-18-20/h3-4,7-10,12-13,19H,2,5-6,11H2,1H3. The molecule has 3 rings (SSSR count). The summed E-state index contributed by atoms with van der Waals surface area (Å²) in [7, 11) is 1.79. The average molecular weight is 306 g/mol. The van der Waals surface area contributed by atoms with E-state index in [1.165, 1.54) is 6.42 Å². The molecule has 0 aliphatic heterocycles. The van der Waals surface area contributed by atoms with Crippen molar-refractivity contribution in [1.82, 2.24) is 9.78 Å². The number of methoxy groups -OCH3 is 1. The first-order valence-electron chi connectivity index (χ1n) is 7.36. The van der Waals surface area contributed by atoms with E-state index in [1.807, 2.05) is 24.4 Å². The Morgan fingerprint density at radius 2 is 2.24 bits per heavy atom. The molecule has 0 saturated heterocycles. The van der Waals surface area contributed by atoms with Gasteiger partial charge in [-0.25, -0.2) is 4.68 Å². The van der Waals surface area contributed by atoms with E-state index in [-0.39, 0.29) is 0 Å². The lowest BCUT2D eigenvalue weighted by Gasteiger charge is -2.30. The maximum atomic E-state index is 6.37. The van der Waals surface area contributed by atoms with Crippen LogP contribution in [0.2, 0.25) is 5.02 Å². The fourth-order valence-corrected chi connectivity index (χ4v) is 3.24. The van der Waals surface area contributed by atoms with Gasteiger partial charge in [0.25, 0.3) is 0 Å². The molecule has 2 aromatic rings. The largest absolute Gasteiger partial charge is 0.381 e. The van der Waals surface area contributed by atoms with Gasteiger partial charge in [0, 0.05) is 25.5 Å². The quantitative estimate of drug-likeness (QED) is 0.931. The van der Waals surface area contributed by atoms with Crippen LogP contribution in [-0.4, -0.2) is 29.0 Å². The van der Waals surface area contributed by atoms with Gasteiger partial charge < -0.3 is 10.1 Å². The molecule has 0 radical (unpaired) electrons. The van der Waals surface area contributed by atoms with Crippen molar-refractivity contribution < 1.29 is 4.74 Å². The van der Waals surface area contributed by atoms with Crippen molar-refractivity contribution in [3.05, 3.63) is 41.7 Å². The molecule has 1 aliphatic rings. The average Bonchev–Trinajstić information content (AvgIpc) is 3.01. The highest BCUT2D eigenvalue weighted by atomic mass is 35.5. The van der Waals surface area contributed by atoms with Crippen molar-refractivity contribution in [2.24, 2.45) is 0 Å². The number of halogens is 1. The number of hydrogen-bond acceptors (Lipinski definition) is 3. The van der Waals surface area contributed by atoms with Crippen LogP contribution in [0.15, 0.2) is 36.7 Å². The summed E-state index contributed by atoms with van der Waals surface area (Å²) < 4.78 is 7.31. The van der Waals surface area contributed by atoms with Crippen LogP contribution in [0.5, 0.6) is 0 Å². The van der Waals surface area contributed by atoms with Crippen molar-refractivity contribution >= 4 is 17.3 Å². The van der Waals surface area contributed by atoms with Gasteiger partial charge in [-0.2, -0.15) is 5.10 Å². The zero-order valence-corrected chi connectivity index (χ0v) is 12.9. The molecule has 1 heterocycles. The van der Waals surface area contributed by atoms with Crippen LogP contribution in [0.3, 0.4) is 0 Å². The highest BCUT2D eigenvalue weighted by Gasteiger charge is 2.22. The Hall–Kier alpha value is -1.52. The first kappa shape index (κ1) is 14.4. The summed E-state index contributed by atoms with van der Waals surface area (Å²) in [6.45, 7) is 0. The summed E-state index contributed by atoms with van der Waals surface area (Å²) in [6, 6.07) is 8.22. The number of hydrogen-bond donors (Lipinski definition) is 1. The Labute approximate surface area is 130 Å². The van der Waals surface area contributed by atoms with Gasteiger partial charge in [-0.1, -0.05) is 17.7 Å². The van der Waals surface area contributed by atoms with Crippen LogP contribution >= 0.6 is 11.6 Å². The van der Waals surface area contributed by atoms with Crippen LogP contribution < -0.4 is 5.32 Å². The van der Waals surface area contributed by atoms with Crippen molar-refractivity contribution in [2.45, 2.75) is 37.8 Å². The normalized spacial score (nSPS) is 22.2. The van der Waals surface area contributed by atoms with Crippen molar-refractivity contribution in [2.75, 3.05) is 12.4 Å². The molecular formula is C16H20ClN3O. The second kappa shape index (κ2) is 6.50. The van der Waals surface area contributed by atoms with Crippen molar-refractivity contribution in [3.8, 4) is 5.69 Å². The van der Waals surface area contributed by atoms with E-state index in [0.29, 0.717) is 17.2 Å². The molecule has 1 aliphatic carbocycles. The van der Waals surface area contributed by atoms with E-state index >= 15 is 0 Å². The molecule has 4 nitrogen and oxygen atoms in total. The maximum Gasteiger partial charge on any atom is 0.106 e. The second-order valence-corrected chi connectivity index (χ2v) is 5.86. The van der Waals surface area contributed by atoms with E-state index < -0.39 is 0 Å². The van der Waals surface area contributed by atoms with E-state index in [9.17, 15) is 0 Å². The lowest BCUT2D eigenvalue weighted by molar-refractivity contribution is 0.0669. The van der Waals surface area contributed by atoms with Gasteiger partial charge >= 0.3 is 0 Å². The molecule has 1 saturated carbocycles. The minimum atomic E-state index is 0.351. The minimum absolute atomic E-state index is 0.351. The fourth-order valence-electron chi connectivity index (χ4n) is 2.98. The summed E-state index contributed by atoms with van der Waals surface area (Å²) in [6.07, 6.45) is 8.54. The molecule has 1 aromatic carbocycles. The highest BCUT2D eigenvalue weighted by Crippen LogP contribution is 2.31. The van der Waals surface area contributed by atoms with E-state index in [0.717, 1.165) is 30.6 Å². The number of para-hydroxylation sites is 1. The van der Waals surface area contributed by atoms with Crippen LogP contribution in [0, 0.1) is 0 Å². The molecule has 1 fully saturated rings. The highest BCUT2D eigenvalue weighted by molar-refractivity contribution is 6.33. The molecule has 0 spiro atoms. The van der Waals surface area contributed by atoms with E-state index in [1.54, 1.807) is 18.0 Å². The van der Waals surface area contributed by atoms with Crippen LogP contribution in [0.1, 0.15) is 25.7 Å². The van der Waals surface area contributed by atoms with Gasteiger partial charge in [0.1, 0.15) is 5.69 Å². The van der Waals surface area contributed by atoms with Gasteiger partial charge in [-0.3, -0.25) is 0 Å². The molecular weight excluding hydrogens is 286 g/mol. The summed E-state index contributed by atoms with van der Waals surface area (Å²) in [5.41, 5.74) is 1.93. The Bertz CT molecular complexity index is 585. The predicted octanol–water partition coefficient (Wildman–Crippen LogP) is 3.90.